The van der Waals surface area contributed by atoms with Gasteiger partial charge in [0.05, 0.1) is 27.3 Å². The lowest BCUT2D eigenvalue weighted by molar-refractivity contribution is -0.384. The number of nitro groups is 1. The van der Waals surface area contributed by atoms with E-state index >= 15 is 0 Å². The van der Waals surface area contributed by atoms with Gasteiger partial charge in [-0.3, -0.25) is 19.7 Å². The fourth-order valence-electron chi connectivity index (χ4n) is 3.23. The van der Waals surface area contributed by atoms with Crippen molar-refractivity contribution in [1.82, 2.24) is 9.97 Å². The van der Waals surface area contributed by atoms with Crippen LogP contribution in [0.25, 0.3) is 11.0 Å². The van der Waals surface area contributed by atoms with Crippen LogP contribution in [0.15, 0.2) is 46.0 Å². The van der Waals surface area contributed by atoms with Crippen molar-refractivity contribution >= 4 is 28.1 Å². The summed E-state index contributed by atoms with van der Waals surface area (Å²) in [5.41, 5.74) is 1.40. The molecule has 132 valence electrons. The van der Waals surface area contributed by atoms with Gasteiger partial charge in [-0.05, 0) is 12.1 Å². The molecule has 0 bridgehead atoms. The van der Waals surface area contributed by atoms with Crippen molar-refractivity contribution < 1.29 is 4.92 Å². The van der Waals surface area contributed by atoms with E-state index in [-0.39, 0.29) is 11.2 Å². The minimum atomic E-state index is -0.837. The summed E-state index contributed by atoms with van der Waals surface area (Å²) in [7, 11) is 0. The number of nitrogens with zero attached hydrogens (tertiary/aromatic N) is 2. The van der Waals surface area contributed by atoms with Crippen LogP contribution in [-0.4, -0.2) is 28.0 Å². The number of para-hydroxylation sites is 2. The monoisotopic (exact) mass is 353 g/mol. The number of aromatic amines is 2. The maximum absolute atomic E-state index is 11.7. The highest BCUT2D eigenvalue weighted by Crippen LogP contribution is 2.31. The van der Waals surface area contributed by atoms with Crippen LogP contribution in [0.1, 0.15) is 5.56 Å². The molecule has 0 radical (unpaired) electrons. The lowest BCUT2D eigenvalue weighted by atomic mass is 10.1. The molecule has 0 unspecified atom stereocenters. The maximum atomic E-state index is 11.7. The predicted molar refractivity (Wildman–Crippen MR) is 97.8 cm³/mol. The molecular weight excluding hydrogens is 338 g/mol. The molecule has 0 amide bonds. The molecule has 0 spiro atoms. The molecule has 0 saturated carbocycles. The van der Waals surface area contributed by atoms with Crippen LogP contribution >= 0.6 is 0 Å². The summed E-state index contributed by atoms with van der Waals surface area (Å²) in [6.07, 6.45) is 0. The van der Waals surface area contributed by atoms with Gasteiger partial charge in [0, 0.05) is 37.3 Å². The molecule has 0 fully saturated rings. The van der Waals surface area contributed by atoms with Crippen molar-refractivity contribution in [2.45, 2.75) is 6.54 Å². The number of benzene rings is 2. The van der Waals surface area contributed by atoms with Crippen LogP contribution in [0.4, 0.5) is 17.1 Å². The number of rotatable bonds is 3. The lowest BCUT2D eigenvalue weighted by Crippen LogP contribution is -2.34. The fraction of sp³-hybridized carbons (Fsp3) is 0.176. The highest BCUT2D eigenvalue weighted by atomic mass is 16.6. The van der Waals surface area contributed by atoms with Gasteiger partial charge in [-0.1, -0.05) is 12.1 Å². The normalized spacial score (nSPS) is 13.3. The Hall–Kier alpha value is -3.62. The van der Waals surface area contributed by atoms with E-state index in [2.05, 4.69) is 20.2 Å². The number of anilines is 2. The molecule has 9 nitrogen and oxygen atoms in total. The number of hydrogen-bond donors (Lipinski definition) is 3. The Bertz CT molecular complexity index is 1130. The highest BCUT2D eigenvalue weighted by molar-refractivity contribution is 5.81. The van der Waals surface area contributed by atoms with Crippen molar-refractivity contribution in [3.05, 3.63) is 72.8 Å². The van der Waals surface area contributed by atoms with E-state index in [1.54, 1.807) is 0 Å². The smallest absolute Gasteiger partial charge is 0.314 e. The standard InChI is InChI=1S/C17H15N5O4/c23-16-17(24)20-15-10(7-11(22(25)26)8-13(15)19-16)9-21-6-5-18-12-3-1-2-4-14(12)21/h1-4,7-8,18H,5-6,9H2,(H,19,23)(H,20,24). The predicted octanol–water partition coefficient (Wildman–Crippen LogP) is 1.56. The van der Waals surface area contributed by atoms with Crippen molar-refractivity contribution in [2.75, 3.05) is 23.3 Å². The van der Waals surface area contributed by atoms with Crippen molar-refractivity contribution in [1.29, 1.82) is 0 Å². The van der Waals surface area contributed by atoms with Crippen LogP contribution in [0.2, 0.25) is 0 Å². The van der Waals surface area contributed by atoms with Crippen molar-refractivity contribution in [3.63, 3.8) is 0 Å². The third-order valence-electron chi connectivity index (χ3n) is 4.41. The first-order valence-electron chi connectivity index (χ1n) is 8.04. The van der Waals surface area contributed by atoms with Gasteiger partial charge in [-0.2, -0.15) is 0 Å². The van der Waals surface area contributed by atoms with Gasteiger partial charge >= 0.3 is 11.1 Å². The molecule has 3 aromatic rings. The van der Waals surface area contributed by atoms with Crippen LogP contribution in [0.3, 0.4) is 0 Å². The van der Waals surface area contributed by atoms with Gasteiger partial charge in [0.25, 0.3) is 5.69 Å². The number of fused-ring (bicyclic) bond motifs is 2. The lowest BCUT2D eigenvalue weighted by Gasteiger charge is -2.32. The summed E-state index contributed by atoms with van der Waals surface area (Å²) in [6.45, 7) is 1.80. The Kier molecular flexibility index (Phi) is 3.68. The minimum Gasteiger partial charge on any atom is -0.382 e. The quantitative estimate of drug-likeness (QED) is 0.373. The molecule has 0 aliphatic carbocycles. The average molecular weight is 353 g/mol. The number of hydrogen-bond acceptors (Lipinski definition) is 6. The van der Waals surface area contributed by atoms with Crippen LogP contribution < -0.4 is 21.3 Å². The largest absolute Gasteiger partial charge is 0.382 e. The zero-order chi connectivity index (χ0) is 18.3. The Balaban J connectivity index is 1.86. The van der Waals surface area contributed by atoms with E-state index in [1.165, 1.54) is 12.1 Å². The third kappa shape index (κ3) is 2.69. The second kappa shape index (κ2) is 6.03. The molecule has 3 N–H and O–H groups in total. The van der Waals surface area contributed by atoms with Gasteiger partial charge in [0.15, 0.2) is 0 Å². The Morgan fingerprint density at radius 1 is 1.12 bits per heavy atom. The molecule has 1 aromatic heterocycles. The molecule has 0 atom stereocenters. The molecule has 1 aliphatic heterocycles. The molecule has 2 heterocycles. The first-order chi connectivity index (χ1) is 12.5. The number of nitro benzene ring substituents is 1. The summed E-state index contributed by atoms with van der Waals surface area (Å²) >= 11 is 0. The van der Waals surface area contributed by atoms with E-state index < -0.39 is 16.0 Å². The summed E-state index contributed by atoms with van der Waals surface area (Å²) < 4.78 is 0. The second-order valence-electron chi connectivity index (χ2n) is 6.06. The van der Waals surface area contributed by atoms with E-state index in [1.807, 2.05) is 24.3 Å². The van der Waals surface area contributed by atoms with Crippen molar-refractivity contribution in [3.8, 4) is 0 Å². The molecule has 2 aromatic carbocycles. The van der Waals surface area contributed by atoms with Crippen LogP contribution in [0, 0.1) is 10.1 Å². The Morgan fingerprint density at radius 3 is 2.69 bits per heavy atom. The van der Waals surface area contributed by atoms with Crippen LogP contribution in [-0.2, 0) is 6.54 Å². The summed E-state index contributed by atoms with van der Waals surface area (Å²) in [4.78, 5) is 41.1. The zero-order valence-electron chi connectivity index (χ0n) is 13.6. The van der Waals surface area contributed by atoms with Gasteiger partial charge in [0.2, 0.25) is 0 Å². The molecule has 9 heteroatoms. The maximum Gasteiger partial charge on any atom is 0.314 e. The third-order valence-corrected chi connectivity index (χ3v) is 4.41. The summed E-state index contributed by atoms with van der Waals surface area (Å²) in [5.74, 6) is 0. The SMILES string of the molecule is O=c1[nH]c2cc([N+](=O)[O-])cc(CN3CCNc4ccccc43)c2[nH]c1=O. The van der Waals surface area contributed by atoms with E-state index in [0.717, 1.165) is 17.9 Å². The van der Waals surface area contributed by atoms with Gasteiger partial charge < -0.3 is 20.2 Å². The highest BCUT2D eigenvalue weighted by Gasteiger charge is 2.20. The number of H-pyrrole nitrogens is 2. The van der Waals surface area contributed by atoms with Gasteiger partial charge in [-0.15, -0.1) is 0 Å². The molecular formula is C17H15N5O4. The minimum absolute atomic E-state index is 0.140. The summed E-state index contributed by atoms with van der Waals surface area (Å²) in [6, 6.07) is 10.5. The van der Waals surface area contributed by atoms with Crippen molar-refractivity contribution in [2.24, 2.45) is 0 Å². The topological polar surface area (TPSA) is 124 Å². The first kappa shape index (κ1) is 15.9. The van der Waals surface area contributed by atoms with E-state index in [0.29, 0.717) is 24.2 Å². The zero-order valence-corrected chi connectivity index (χ0v) is 13.6. The second-order valence-corrected chi connectivity index (χ2v) is 6.06. The van der Waals surface area contributed by atoms with Gasteiger partial charge in [-0.25, -0.2) is 0 Å². The average Bonchev–Trinajstić information content (AvgIpc) is 2.63. The summed E-state index contributed by atoms with van der Waals surface area (Å²) in [5, 5.41) is 14.6. The molecule has 0 saturated heterocycles. The Morgan fingerprint density at radius 2 is 1.88 bits per heavy atom. The number of nitrogens with one attached hydrogen (secondary N) is 3. The van der Waals surface area contributed by atoms with Gasteiger partial charge in [0.1, 0.15) is 0 Å². The van der Waals surface area contributed by atoms with E-state index in [4.69, 9.17) is 0 Å². The van der Waals surface area contributed by atoms with E-state index in [9.17, 15) is 19.7 Å². The number of aromatic nitrogens is 2. The Labute approximate surface area is 146 Å². The first-order valence-corrected chi connectivity index (χ1v) is 8.04. The fourth-order valence-corrected chi connectivity index (χ4v) is 3.23. The molecule has 1 aliphatic rings. The molecule has 26 heavy (non-hydrogen) atoms. The molecule has 4 rings (SSSR count). The number of non-ortho nitro benzene ring substituents is 1. The van der Waals surface area contributed by atoms with Crippen LogP contribution in [0.5, 0.6) is 0 Å².